The van der Waals surface area contributed by atoms with Gasteiger partial charge in [0.05, 0.1) is 6.10 Å². The van der Waals surface area contributed by atoms with Gasteiger partial charge in [-0.3, -0.25) is 4.79 Å². The number of carbonyl (C=O) groups excluding carboxylic acids is 1. The first-order valence-corrected chi connectivity index (χ1v) is 8.71. The Morgan fingerprint density at radius 2 is 1.23 bits per heavy atom. The number of ketones is 1. The summed E-state index contributed by atoms with van der Waals surface area (Å²) in [6.45, 7) is 3.37. The number of carbonyl (C=O) groups is 1. The molecule has 0 bridgehead atoms. The molecule has 0 radical (unpaired) electrons. The van der Waals surface area contributed by atoms with Gasteiger partial charge in [-0.15, -0.1) is 0 Å². The number of rotatable bonds is 2. The molecule has 0 aliphatic carbocycles. The lowest BCUT2D eigenvalue weighted by molar-refractivity contribution is 0.101. The van der Waals surface area contributed by atoms with Gasteiger partial charge in [0.2, 0.25) is 0 Å². The van der Waals surface area contributed by atoms with Gasteiger partial charge >= 0.3 is 0 Å². The van der Waals surface area contributed by atoms with Crippen LogP contribution in [0.1, 0.15) is 35.9 Å². The van der Waals surface area contributed by atoms with Crippen LogP contribution in [0.3, 0.4) is 0 Å². The monoisotopic (exact) mass is 342 g/mol. The fourth-order valence-corrected chi connectivity index (χ4v) is 2.88. The van der Waals surface area contributed by atoms with E-state index in [4.69, 9.17) is 0 Å². The molecule has 0 amide bonds. The van der Waals surface area contributed by atoms with Crippen molar-refractivity contribution in [3.8, 4) is 0 Å². The first kappa shape index (κ1) is 17.8. The van der Waals surface area contributed by atoms with Crippen LogP contribution in [0.4, 0.5) is 0 Å². The van der Waals surface area contributed by atoms with Gasteiger partial charge in [-0.25, -0.2) is 0 Å². The maximum absolute atomic E-state index is 11.1. The zero-order valence-corrected chi connectivity index (χ0v) is 15.0. The predicted molar refractivity (Wildman–Crippen MR) is 109 cm³/mol. The molecule has 130 valence electrons. The number of fused-ring (bicyclic) bond motifs is 2. The molecule has 0 spiro atoms. The van der Waals surface area contributed by atoms with E-state index in [-0.39, 0.29) is 11.9 Å². The number of Topliss-reactive ketones (excluding diaryl/α,β-unsaturated/α-hetero) is 1. The number of aliphatic hydroxyl groups is 1. The van der Waals surface area contributed by atoms with Gasteiger partial charge in [0.1, 0.15) is 0 Å². The van der Waals surface area contributed by atoms with Gasteiger partial charge in [-0.2, -0.15) is 0 Å². The second kappa shape index (κ2) is 7.94. The molecular formula is C24H22O2. The van der Waals surface area contributed by atoms with Gasteiger partial charge in [0.15, 0.2) is 5.78 Å². The maximum atomic E-state index is 11.1. The third-order valence-corrected chi connectivity index (χ3v) is 4.41. The number of hydrogen-bond donors (Lipinski definition) is 1. The van der Waals surface area contributed by atoms with Gasteiger partial charge in [-0.1, -0.05) is 72.8 Å². The normalized spacial score (nSPS) is 11.7. The fraction of sp³-hybridized carbons (Fsp3) is 0.125. The number of hydrogen-bond acceptors (Lipinski definition) is 2. The maximum Gasteiger partial charge on any atom is 0.159 e. The topological polar surface area (TPSA) is 37.3 Å². The Balaban J connectivity index is 0.000000151. The predicted octanol–water partition coefficient (Wildman–Crippen LogP) is 5.94. The van der Waals surface area contributed by atoms with E-state index in [9.17, 15) is 9.90 Å². The molecule has 2 nitrogen and oxygen atoms in total. The Hall–Kier alpha value is -2.97. The van der Waals surface area contributed by atoms with Crippen LogP contribution >= 0.6 is 0 Å². The molecular weight excluding hydrogens is 320 g/mol. The minimum Gasteiger partial charge on any atom is -0.389 e. The largest absolute Gasteiger partial charge is 0.389 e. The van der Waals surface area contributed by atoms with Crippen LogP contribution < -0.4 is 0 Å². The molecule has 1 N–H and O–H groups in total. The first-order chi connectivity index (χ1) is 12.5. The lowest BCUT2D eigenvalue weighted by Crippen LogP contribution is -1.90. The van der Waals surface area contributed by atoms with Gasteiger partial charge < -0.3 is 5.11 Å². The zero-order chi connectivity index (χ0) is 18.5. The second-order valence-electron chi connectivity index (χ2n) is 6.40. The van der Waals surface area contributed by atoms with E-state index in [1.807, 2.05) is 72.8 Å². The van der Waals surface area contributed by atoms with Crippen LogP contribution in [0, 0.1) is 0 Å². The molecule has 0 saturated carbocycles. The third kappa shape index (κ3) is 4.16. The second-order valence-corrected chi connectivity index (χ2v) is 6.40. The molecule has 1 atom stereocenters. The smallest absolute Gasteiger partial charge is 0.159 e. The Morgan fingerprint density at radius 1 is 0.731 bits per heavy atom. The standard InChI is InChI=1S/C12H12O.C12H10O/c2*1-9(13)11-7-6-10-4-2-3-5-12(10)8-11/h2-9,13H,1H3;2-8H,1H3. The van der Waals surface area contributed by atoms with E-state index in [0.717, 1.165) is 16.5 Å². The number of aliphatic hydroxyl groups excluding tert-OH is 1. The highest BCUT2D eigenvalue weighted by atomic mass is 16.3. The molecule has 1 unspecified atom stereocenters. The van der Waals surface area contributed by atoms with Gasteiger partial charge in [0, 0.05) is 5.56 Å². The summed E-state index contributed by atoms with van der Waals surface area (Å²) >= 11 is 0. The van der Waals surface area contributed by atoms with Crippen LogP contribution in [0.25, 0.3) is 21.5 Å². The van der Waals surface area contributed by atoms with Crippen molar-refractivity contribution in [1.82, 2.24) is 0 Å². The molecule has 0 fully saturated rings. The van der Waals surface area contributed by atoms with Crippen LogP contribution in [-0.4, -0.2) is 10.9 Å². The summed E-state index contributed by atoms with van der Waals surface area (Å²) in [5, 5.41) is 14.1. The van der Waals surface area contributed by atoms with Crippen LogP contribution in [0.5, 0.6) is 0 Å². The molecule has 0 aliphatic rings. The third-order valence-electron chi connectivity index (χ3n) is 4.41. The molecule has 4 rings (SSSR count). The summed E-state index contributed by atoms with van der Waals surface area (Å²) in [5.74, 6) is 0.116. The molecule has 0 saturated heterocycles. The zero-order valence-electron chi connectivity index (χ0n) is 15.0. The molecule has 4 aromatic rings. The summed E-state index contributed by atoms with van der Waals surface area (Å²) < 4.78 is 0. The van der Waals surface area contributed by atoms with E-state index in [1.54, 1.807) is 13.8 Å². The quantitative estimate of drug-likeness (QED) is 0.458. The van der Waals surface area contributed by atoms with E-state index < -0.39 is 0 Å². The van der Waals surface area contributed by atoms with Crippen molar-refractivity contribution >= 4 is 27.3 Å². The van der Waals surface area contributed by atoms with Crippen molar-refractivity contribution in [2.24, 2.45) is 0 Å². The highest BCUT2D eigenvalue weighted by molar-refractivity contribution is 5.98. The molecule has 4 aromatic carbocycles. The van der Waals surface area contributed by atoms with Crippen molar-refractivity contribution < 1.29 is 9.90 Å². The summed E-state index contributed by atoms with van der Waals surface area (Å²) in [5.41, 5.74) is 1.75. The average Bonchev–Trinajstić information content (AvgIpc) is 2.67. The highest BCUT2D eigenvalue weighted by Crippen LogP contribution is 2.19. The lowest BCUT2D eigenvalue weighted by Gasteiger charge is -2.05. The van der Waals surface area contributed by atoms with E-state index in [2.05, 4.69) is 12.1 Å². The Kier molecular flexibility index (Phi) is 5.45. The van der Waals surface area contributed by atoms with Crippen molar-refractivity contribution in [1.29, 1.82) is 0 Å². The van der Waals surface area contributed by atoms with Gasteiger partial charge in [-0.05, 0) is 53.1 Å². The van der Waals surface area contributed by atoms with E-state index in [1.165, 1.54) is 16.2 Å². The molecule has 0 aromatic heterocycles. The molecule has 2 heteroatoms. The fourth-order valence-electron chi connectivity index (χ4n) is 2.88. The summed E-state index contributed by atoms with van der Waals surface area (Å²) in [6, 6.07) is 28.0. The van der Waals surface area contributed by atoms with Crippen molar-refractivity contribution in [2.45, 2.75) is 20.0 Å². The van der Waals surface area contributed by atoms with Crippen molar-refractivity contribution in [3.63, 3.8) is 0 Å². The van der Waals surface area contributed by atoms with E-state index >= 15 is 0 Å². The van der Waals surface area contributed by atoms with Crippen LogP contribution in [0.2, 0.25) is 0 Å². The van der Waals surface area contributed by atoms with Gasteiger partial charge in [0.25, 0.3) is 0 Å². The number of benzene rings is 4. The first-order valence-electron chi connectivity index (χ1n) is 8.71. The van der Waals surface area contributed by atoms with Crippen LogP contribution in [-0.2, 0) is 0 Å². The average molecular weight is 342 g/mol. The Labute approximate surface area is 153 Å². The van der Waals surface area contributed by atoms with Crippen molar-refractivity contribution in [3.05, 3.63) is 96.1 Å². The Morgan fingerprint density at radius 3 is 1.77 bits per heavy atom. The summed E-state index contributed by atoms with van der Waals surface area (Å²) in [4.78, 5) is 11.1. The van der Waals surface area contributed by atoms with E-state index in [0.29, 0.717) is 0 Å². The Bertz CT molecular complexity index is 1050. The lowest BCUT2D eigenvalue weighted by atomic mass is 10.0. The minimum absolute atomic E-state index is 0.116. The van der Waals surface area contributed by atoms with Crippen LogP contribution in [0.15, 0.2) is 84.9 Å². The minimum atomic E-state index is -0.385. The SMILES string of the molecule is CC(=O)c1ccc2ccccc2c1.CC(O)c1ccc2ccccc2c1. The molecule has 0 aliphatic heterocycles. The van der Waals surface area contributed by atoms with Crippen molar-refractivity contribution in [2.75, 3.05) is 0 Å². The highest BCUT2D eigenvalue weighted by Gasteiger charge is 2.01. The molecule has 26 heavy (non-hydrogen) atoms. The molecule has 0 heterocycles. The summed E-state index contributed by atoms with van der Waals surface area (Å²) in [7, 11) is 0. The summed E-state index contributed by atoms with van der Waals surface area (Å²) in [6.07, 6.45) is -0.385.